The van der Waals surface area contributed by atoms with E-state index in [1.165, 1.54) is 0 Å². The Balaban J connectivity index is 2.03. The summed E-state index contributed by atoms with van der Waals surface area (Å²) in [4.78, 5) is 11.3. The van der Waals surface area contributed by atoms with Gasteiger partial charge in [0.2, 0.25) is 0 Å². The highest BCUT2D eigenvalue weighted by Crippen LogP contribution is 2.48. The Bertz CT molecular complexity index is 979. The van der Waals surface area contributed by atoms with Crippen LogP contribution in [0.3, 0.4) is 0 Å². The maximum Gasteiger partial charge on any atom is 0.184 e. The molecule has 0 bridgehead atoms. The van der Waals surface area contributed by atoms with E-state index in [1.807, 2.05) is 18.2 Å². The van der Waals surface area contributed by atoms with Gasteiger partial charge in [-0.3, -0.25) is 0 Å². The summed E-state index contributed by atoms with van der Waals surface area (Å²) in [6.07, 6.45) is 2.49. The fourth-order valence-corrected chi connectivity index (χ4v) is 3.82. The molecule has 6 nitrogen and oxygen atoms in total. The van der Waals surface area contributed by atoms with Gasteiger partial charge in [0, 0.05) is 16.2 Å². The summed E-state index contributed by atoms with van der Waals surface area (Å²) in [5, 5.41) is 4.52. The van der Waals surface area contributed by atoms with E-state index >= 15 is 0 Å². The lowest BCUT2D eigenvalue weighted by molar-refractivity contribution is 0.356. The topological polar surface area (TPSA) is 59.5 Å². The van der Waals surface area contributed by atoms with Crippen LogP contribution in [0.15, 0.2) is 41.1 Å². The molecule has 1 aromatic heterocycles. The van der Waals surface area contributed by atoms with E-state index in [0.717, 1.165) is 39.0 Å². The van der Waals surface area contributed by atoms with E-state index in [9.17, 15) is 0 Å². The van der Waals surface area contributed by atoms with E-state index in [-0.39, 0.29) is 6.17 Å². The third-order valence-electron chi connectivity index (χ3n) is 4.57. The van der Waals surface area contributed by atoms with Gasteiger partial charge in [-0.15, -0.1) is 0 Å². The molecule has 1 N–H and O–H groups in total. The molecular weight excluding hydrogens is 396 g/mol. The first-order valence-corrected chi connectivity index (χ1v) is 9.18. The molecular formula is C19H19BrN4O2. The number of nitrogens with one attached hydrogen (secondary N) is 1. The molecule has 2 aromatic carbocycles. The Hall–Kier alpha value is -2.54. The van der Waals surface area contributed by atoms with Gasteiger partial charge >= 0.3 is 0 Å². The van der Waals surface area contributed by atoms with Crippen LogP contribution in [0.25, 0.3) is 10.9 Å². The second-order valence-corrected chi connectivity index (χ2v) is 6.91. The molecule has 2 heterocycles. The second kappa shape index (κ2) is 6.64. The molecule has 0 saturated heterocycles. The zero-order valence-corrected chi connectivity index (χ0v) is 16.4. The first kappa shape index (κ1) is 16.9. The van der Waals surface area contributed by atoms with Crippen molar-refractivity contribution >= 4 is 44.0 Å². The number of rotatable bonds is 4. The van der Waals surface area contributed by atoms with Crippen LogP contribution in [-0.4, -0.2) is 30.4 Å². The van der Waals surface area contributed by atoms with Gasteiger partial charge in [-0.05, 0) is 24.6 Å². The number of aromatic nitrogens is 2. The van der Waals surface area contributed by atoms with E-state index < -0.39 is 0 Å². The number of halogens is 1. The van der Waals surface area contributed by atoms with Crippen molar-refractivity contribution in [2.75, 3.05) is 24.4 Å². The Morgan fingerprint density at radius 2 is 2.04 bits per heavy atom. The number of hydrogen-bond acceptors (Lipinski definition) is 6. The molecule has 7 heteroatoms. The lowest BCUT2D eigenvalue weighted by Gasteiger charge is -2.38. The maximum absolute atomic E-state index is 5.64. The highest BCUT2D eigenvalue weighted by Gasteiger charge is 2.32. The lowest BCUT2D eigenvalue weighted by Crippen LogP contribution is -2.40. The van der Waals surface area contributed by atoms with Crippen LogP contribution in [0.4, 0.5) is 17.2 Å². The summed E-state index contributed by atoms with van der Waals surface area (Å²) < 4.78 is 12.2. The average molecular weight is 415 g/mol. The molecule has 0 amide bonds. The average Bonchev–Trinajstić information content (AvgIpc) is 2.67. The highest BCUT2D eigenvalue weighted by atomic mass is 79.9. The van der Waals surface area contributed by atoms with Crippen molar-refractivity contribution in [1.82, 2.24) is 9.97 Å². The van der Waals surface area contributed by atoms with E-state index in [2.05, 4.69) is 55.2 Å². The fourth-order valence-electron chi connectivity index (χ4n) is 3.43. The van der Waals surface area contributed by atoms with Crippen LogP contribution in [-0.2, 0) is 0 Å². The zero-order chi connectivity index (χ0) is 18.3. The van der Waals surface area contributed by atoms with Crippen LogP contribution < -0.4 is 19.7 Å². The molecule has 1 atom stereocenters. The number of benzene rings is 2. The minimum absolute atomic E-state index is 0.0240. The van der Waals surface area contributed by atoms with Crippen molar-refractivity contribution in [2.45, 2.75) is 19.5 Å². The normalized spacial score (nSPS) is 15.7. The van der Waals surface area contributed by atoms with Crippen molar-refractivity contribution in [3.8, 4) is 11.5 Å². The molecule has 134 valence electrons. The molecule has 1 aliphatic heterocycles. The Labute approximate surface area is 160 Å². The van der Waals surface area contributed by atoms with Gasteiger partial charge in [-0.2, -0.15) is 0 Å². The number of hydrogen-bond donors (Lipinski definition) is 1. The van der Waals surface area contributed by atoms with Crippen LogP contribution in [0.5, 0.6) is 11.5 Å². The predicted molar refractivity (Wildman–Crippen MR) is 107 cm³/mol. The Morgan fingerprint density at radius 1 is 1.19 bits per heavy atom. The smallest absolute Gasteiger partial charge is 0.184 e. The molecule has 0 radical (unpaired) electrons. The minimum atomic E-state index is 0.0240. The van der Waals surface area contributed by atoms with Gasteiger partial charge in [0.05, 0.1) is 30.8 Å². The predicted octanol–water partition coefficient (Wildman–Crippen LogP) is 4.71. The fraction of sp³-hybridized carbons (Fsp3) is 0.263. The van der Waals surface area contributed by atoms with Crippen LogP contribution >= 0.6 is 15.9 Å². The summed E-state index contributed by atoms with van der Waals surface area (Å²) in [5.74, 6) is 2.18. The van der Waals surface area contributed by atoms with Crippen molar-refractivity contribution in [3.63, 3.8) is 0 Å². The molecule has 4 rings (SSSR count). The monoisotopic (exact) mass is 414 g/mol. The molecule has 1 unspecified atom stereocenters. The number of ether oxygens (including phenoxy) is 2. The van der Waals surface area contributed by atoms with Gasteiger partial charge in [-0.25, -0.2) is 9.97 Å². The number of nitrogens with zero attached hydrogens (tertiary/aromatic N) is 3. The van der Waals surface area contributed by atoms with Gasteiger partial charge in [0.25, 0.3) is 0 Å². The SMILES string of the molecule is CCC1Nc2c(OC)c(OC)cc3ncnc(c23)N1c1cccc(Br)c1. The summed E-state index contributed by atoms with van der Waals surface area (Å²) >= 11 is 3.56. The zero-order valence-electron chi connectivity index (χ0n) is 14.8. The van der Waals surface area contributed by atoms with E-state index in [4.69, 9.17) is 9.47 Å². The number of anilines is 3. The summed E-state index contributed by atoms with van der Waals surface area (Å²) in [7, 11) is 3.28. The third-order valence-corrected chi connectivity index (χ3v) is 5.07. The van der Waals surface area contributed by atoms with Gasteiger partial charge in [0.1, 0.15) is 18.3 Å². The molecule has 26 heavy (non-hydrogen) atoms. The third kappa shape index (κ3) is 2.54. The Kier molecular flexibility index (Phi) is 4.32. The van der Waals surface area contributed by atoms with E-state index in [1.54, 1.807) is 20.5 Å². The van der Waals surface area contributed by atoms with Crippen LogP contribution in [0, 0.1) is 0 Å². The first-order chi connectivity index (χ1) is 12.7. The van der Waals surface area contributed by atoms with Gasteiger partial charge < -0.3 is 19.7 Å². The molecule has 3 aromatic rings. The summed E-state index contributed by atoms with van der Waals surface area (Å²) in [6.45, 7) is 2.14. The van der Waals surface area contributed by atoms with Crippen LogP contribution in [0.2, 0.25) is 0 Å². The molecule has 0 saturated carbocycles. The van der Waals surface area contributed by atoms with Crippen LogP contribution in [0.1, 0.15) is 13.3 Å². The highest BCUT2D eigenvalue weighted by molar-refractivity contribution is 9.10. The maximum atomic E-state index is 5.64. The standard InChI is InChI=1S/C19H19BrN4O2/c1-4-15-23-17-16-13(9-14(25-2)18(17)26-3)21-10-22-19(16)24(15)12-7-5-6-11(20)8-12/h5-10,15,23H,4H2,1-3H3. The van der Waals surface area contributed by atoms with E-state index in [0.29, 0.717) is 11.5 Å². The number of methoxy groups -OCH3 is 2. The molecule has 0 spiro atoms. The Morgan fingerprint density at radius 3 is 2.73 bits per heavy atom. The summed E-state index contributed by atoms with van der Waals surface area (Å²) in [6, 6.07) is 10.1. The molecule has 1 aliphatic rings. The van der Waals surface area contributed by atoms with Gasteiger partial charge in [0.15, 0.2) is 11.5 Å². The minimum Gasteiger partial charge on any atom is -0.493 e. The van der Waals surface area contributed by atoms with Gasteiger partial charge in [-0.1, -0.05) is 28.9 Å². The van der Waals surface area contributed by atoms with Crippen molar-refractivity contribution in [2.24, 2.45) is 0 Å². The van der Waals surface area contributed by atoms with Crippen molar-refractivity contribution in [1.29, 1.82) is 0 Å². The summed E-state index contributed by atoms with van der Waals surface area (Å²) in [5.41, 5.74) is 2.74. The quantitative estimate of drug-likeness (QED) is 0.666. The molecule has 0 aliphatic carbocycles. The van der Waals surface area contributed by atoms with Crippen molar-refractivity contribution in [3.05, 3.63) is 41.1 Å². The molecule has 0 fully saturated rings. The largest absolute Gasteiger partial charge is 0.493 e. The lowest BCUT2D eigenvalue weighted by atomic mass is 10.1. The second-order valence-electron chi connectivity index (χ2n) is 6.00. The first-order valence-electron chi connectivity index (χ1n) is 8.39. The van der Waals surface area contributed by atoms with Crippen molar-refractivity contribution < 1.29 is 9.47 Å².